The van der Waals surface area contributed by atoms with Gasteiger partial charge in [0.15, 0.2) is 0 Å². The van der Waals surface area contributed by atoms with Gasteiger partial charge in [0.05, 0.1) is 11.7 Å². The molecule has 2 nitrogen and oxygen atoms in total. The van der Waals surface area contributed by atoms with E-state index in [0.717, 1.165) is 31.1 Å². The van der Waals surface area contributed by atoms with Gasteiger partial charge in [0, 0.05) is 12.8 Å². The van der Waals surface area contributed by atoms with Crippen molar-refractivity contribution in [1.29, 1.82) is 0 Å². The smallest absolute Gasteiger partial charge is 0.133 e. The highest BCUT2D eigenvalue weighted by molar-refractivity contribution is 5.79. The maximum Gasteiger partial charge on any atom is 0.133 e. The van der Waals surface area contributed by atoms with E-state index < -0.39 is 0 Å². The Balaban J connectivity index is 1.77. The van der Waals surface area contributed by atoms with Crippen LogP contribution in [0.4, 0.5) is 0 Å². The zero-order valence-electron chi connectivity index (χ0n) is 13.6. The van der Waals surface area contributed by atoms with Crippen LogP contribution in [0.15, 0.2) is 0 Å². The Labute approximate surface area is 123 Å². The van der Waals surface area contributed by atoms with Gasteiger partial charge in [-0.15, -0.1) is 0 Å². The number of Topliss-reactive ketones (excluding diaryl/α,β-unsaturated/α-hetero) is 1. The number of ketones is 1. The van der Waals surface area contributed by atoms with E-state index in [9.17, 15) is 4.79 Å². The number of hydrogen-bond acceptors (Lipinski definition) is 2. The Hall–Kier alpha value is -0.370. The standard InChI is InChI=1S/C18H30O2/c1-17(2,3)20-16-8-7-15-14-6-5-13(19)11-12(14)9-10-18(15,16)4/h12,14-16H,5-11H2,1-4H3/t12?,14?,15-,16-,18-/m0/s1. The Morgan fingerprint density at radius 2 is 1.90 bits per heavy atom. The number of carbonyl (C=O) groups is 1. The molecule has 0 radical (unpaired) electrons. The summed E-state index contributed by atoms with van der Waals surface area (Å²) in [4.78, 5) is 11.7. The third kappa shape index (κ3) is 2.45. The topological polar surface area (TPSA) is 26.3 Å². The van der Waals surface area contributed by atoms with Crippen LogP contribution < -0.4 is 0 Å². The van der Waals surface area contributed by atoms with Gasteiger partial charge in [-0.1, -0.05) is 6.92 Å². The van der Waals surface area contributed by atoms with Gasteiger partial charge in [-0.25, -0.2) is 0 Å². The third-order valence-corrected chi connectivity index (χ3v) is 6.24. The maximum absolute atomic E-state index is 11.7. The molecule has 20 heavy (non-hydrogen) atoms. The van der Waals surface area contributed by atoms with Crippen LogP contribution in [0.3, 0.4) is 0 Å². The largest absolute Gasteiger partial charge is 0.372 e. The first-order valence-electron chi connectivity index (χ1n) is 8.49. The van der Waals surface area contributed by atoms with Crippen LogP contribution in [-0.2, 0) is 9.53 Å². The van der Waals surface area contributed by atoms with Crippen molar-refractivity contribution in [2.75, 3.05) is 0 Å². The number of fused-ring (bicyclic) bond motifs is 3. The molecule has 5 atom stereocenters. The molecule has 0 amide bonds. The molecule has 0 aromatic carbocycles. The van der Waals surface area contributed by atoms with Gasteiger partial charge in [0.1, 0.15) is 5.78 Å². The quantitative estimate of drug-likeness (QED) is 0.712. The molecule has 114 valence electrons. The predicted octanol–water partition coefficient (Wildman–Crippen LogP) is 4.37. The van der Waals surface area contributed by atoms with Crippen LogP contribution in [0.25, 0.3) is 0 Å². The molecule has 0 aromatic heterocycles. The van der Waals surface area contributed by atoms with Gasteiger partial charge in [-0.3, -0.25) is 4.79 Å². The summed E-state index contributed by atoms with van der Waals surface area (Å²) < 4.78 is 6.41. The summed E-state index contributed by atoms with van der Waals surface area (Å²) in [6, 6.07) is 0. The fraction of sp³-hybridized carbons (Fsp3) is 0.944. The van der Waals surface area contributed by atoms with Gasteiger partial charge in [-0.05, 0) is 76.0 Å². The van der Waals surface area contributed by atoms with E-state index in [1.54, 1.807) is 0 Å². The number of carbonyl (C=O) groups excluding carboxylic acids is 1. The van der Waals surface area contributed by atoms with Crippen molar-refractivity contribution in [1.82, 2.24) is 0 Å². The van der Waals surface area contributed by atoms with E-state index in [2.05, 4.69) is 27.7 Å². The first-order valence-corrected chi connectivity index (χ1v) is 8.49. The summed E-state index contributed by atoms with van der Waals surface area (Å²) in [6.07, 6.45) is 8.29. The lowest BCUT2D eigenvalue weighted by Gasteiger charge is -2.50. The van der Waals surface area contributed by atoms with E-state index in [0.29, 0.717) is 23.2 Å². The second-order valence-electron chi connectivity index (χ2n) is 8.65. The lowest BCUT2D eigenvalue weighted by molar-refractivity contribution is -0.138. The van der Waals surface area contributed by atoms with E-state index in [1.165, 1.54) is 25.7 Å². The van der Waals surface area contributed by atoms with Crippen molar-refractivity contribution in [3.63, 3.8) is 0 Å². The molecule has 0 saturated heterocycles. The van der Waals surface area contributed by atoms with E-state index in [-0.39, 0.29) is 5.60 Å². The molecule has 0 aliphatic heterocycles. The van der Waals surface area contributed by atoms with Crippen molar-refractivity contribution < 1.29 is 9.53 Å². The lowest BCUT2D eigenvalue weighted by atomic mass is 9.56. The van der Waals surface area contributed by atoms with Crippen LogP contribution in [-0.4, -0.2) is 17.5 Å². The molecular formula is C18H30O2. The zero-order chi connectivity index (χ0) is 14.5. The second kappa shape index (κ2) is 4.83. The van der Waals surface area contributed by atoms with E-state index in [4.69, 9.17) is 4.74 Å². The average molecular weight is 278 g/mol. The van der Waals surface area contributed by atoms with Crippen LogP contribution in [0.5, 0.6) is 0 Å². The molecule has 3 fully saturated rings. The Bertz CT molecular complexity index is 395. The Morgan fingerprint density at radius 1 is 1.15 bits per heavy atom. The van der Waals surface area contributed by atoms with Crippen LogP contribution >= 0.6 is 0 Å². The molecule has 0 spiro atoms. The minimum absolute atomic E-state index is 0.0397. The number of hydrogen-bond donors (Lipinski definition) is 0. The number of ether oxygens (including phenoxy) is 1. The monoisotopic (exact) mass is 278 g/mol. The van der Waals surface area contributed by atoms with Crippen molar-refractivity contribution in [2.24, 2.45) is 23.2 Å². The Kier molecular flexibility index (Phi) is 3.52. The average Bonchev–Trinajstić information content (AvgIpc) is 2.65. The molecule has 3 aliphatic carbocycles. The van der Waals surface area contributed by atoms with Crippen molar-refractivity contribution in [2.45, 2.75) is 84.3 Å². The van der Waals surface area contributed by atoms with E-state index in [1.807, 2.05) is 0 Å². The van der Waals surface area contributed by atoms with Crippen molar-refractivity contribution >= 4 is 5.78 Å². The zero-order valence-corrected chi connectivity index (χ0v) is 13.6. The first kappa shape index (κ1) is 14.6. The third-order valence-electron chi connectivity index (χ3n) is 6.24. The molecule has 0 heterocycles. The first-order chi connectivity index (χ1) is 9.29. The minimum atomic E-state index is -0.0397. The lowest BCUT2D eigenvalue weighted by Crippen LogP contribution is -2.47. The SMILES string of the molecule is CC(C)(C)O[C@H]1CC[C@H]2C3CCC(=O)CC3CC[C@]12C. The molecular weight excluding hydrogens is 248 g/mol. The molecule has 3 aliphatic rings. The molecule has 3 saturated carbocycles. The maximum atomic E-state index is 11.7. The fourth-order valence-electron chi connectivity index (χ4n) is 5.35. The van der Waals surface area contributed by atoms with Crippen molar-refractivity contribution in [3.8, 4) is 0 Å². The van der Waals surface area contributed by atoms with Gasteiger partial charge in [0.2, 0.25) is 0 Å². The second-order valence-corrected chi connectivity index (χ2v) is 8.65. The molecule has 3 rings (SSSR count). The highest BCUT2D eigenvalue weighted by Crippen LogP contribution is 2.60. The number of rotatable bonds is 1. The highest BCUT2D eigenvalue weighted by atomic mass is 16.5. The summed E-state index contributed by atoms with van der Waals surface area (Å²) in [5.41, 5.74) is 0.316. The van der Waals surface area contributed by atoms with E-state index >= 15 is 0 Å². The highest BCUT2D eigenvalue weighted by Gasteiger charge is 2.55. The van der Waals surface area contributed by atoms with Crippen LogP contribution in [0.2, 0.25) is 0 Å². The van der Waals surface area contributed by atoms with Crippen LogP contribution in [0, 0.1) is 23.2 Å². The summed E-state index contributed by atoms with van der Waals surface area (Å²) in [5.74, 6) is 2.78. The predicted molar refractivity (Wildman–Crippen MR) is 80.5 cm³/mol. The van der Waals surface area contributed by atoms with Crippen LogP contribution in [0.1, 0.15) is 72.6 Å². The summed E-state index contributed by atoms with van der Waals surface area (Å²) in [5, 5.41) is 0. The molecule has 2 unspecified atom stereocenters. The molecule has 0 N–H and O–H groups in total. The molecule has 0 bridgehead atoms. The summed E-state index contributed by atoms with van der Waals surface area (Å²) >= 11 is 0. The van der Waals surface area contributed by atoms with Crippen molar-refractivity contribution in [3.05, 3.63) is 0 Å². The minimum Gasteiger partial charge on any atom is -0.372 e. The summed E-state index contributed by atoms with van der Waals surface area (Å²) in [6.45, 7) is 8.99. The molecule has 0 aromatic rings. The van der Waals surface area contributed by atoms with Gasteiger partial charge in [-0.2, -0.15) is 0 Å². The summed E-state index contributed by atoms with van der Waals surface area (Å²) in [7, 11) is 0. The Morgan fingerprint density at radius 3 is 2.60 bits per heavy atom. The van der Waals surface area contributed by atoms with Gasteiger partial charge in [0.25, 0.3) is 0 Å². The molecule has 2 heteroatoms. The normalized spacial score (nSPS) is 45.1. The van der Waals surface area contributed by atoms with Gasteiger partial charge >= 0.3 is 0 Å². The fourth-order valence-corrected chi connectivity index (χ4v) is 5.35. The van der Waals surface area contributed by atoms with Gasteiger partial charge < -0.3 is 4.74 Å².